The zero-order valence-electron chi connectivity index (χ0n) is 12.1. The second kappa shape index (κ2) is 5.99. The Labute approximate surface area is 123 Å². The Morgan fingerprint density at radius 3 is 2.43 bits per heavy atom. The van der Waals surface area contributed by atoms with Crippen molar-refractivity contribution >= 4 is 0 Å². The van der Waals surface area contributed by atoms with Crippen LogP contribution in [0.2, 0.25) is 0 Å². The number of halogens is 3. The van der Waals surface area contributed by atoms with Gasteiger partial charge in [-0.3, -0.25) is 0 Å². The lowest BCUT2D eigenvalue weighted by Gasteiger charge is -2.33. The zero-order valence-corrected chi connectivity index (χ0v) is 12.1. The number of hydrogen-bond donors (Lipinski definition) is 1. The van der Waals surface area contributed by atoms with Crippen molar-refractivity contribution in [2.24, 2.45) is 5.92 Å². The molecule has 1 aromatic rings. The summed E-state index contributed by atoms with van der Waals surface area (Å²) in [5.41, 5.74) is 0.0700. The van der Waals surface area contributed by atoms with Gasteiger partial charge in [0.1, 0.15) is 0 Å². The fraction of sp³-hybridized carbons (Fsp3) is 0.647. The summed E-state index contributed by atoms with van der Waals surface area (Å²) in [6.07, 6.45) is 2.29. The summed E-state index contributed by atoms with van der Waals surface area (Å²) in [4.78, 5) is 0. The predicted molar refractivity (Wildman–Crippen MR) is 77.2 cm³/mol. The molecule has 1 nitrogen and oxygen atoms in total. The van der Waals surface area contributed by atoms with Crippen molar-refractivity contribution in [2.75, 3.05) is 6.54 Å². The summed E-state index contributed by atoms with van der Waals surface area (Å²) in [5, 5.41) is 3.50. The first-order valence-corrected chi connectivity index (χ1v) is 7.95. The van der Waals surface area contributed by atoms with Gasteiger partial charge in [0.15, 0.2) is 0 Å². The molecular formula is C17H22F3N. The summed E-state index contributed by atoms with van der Waals surface area (Å²) in [6, 6.07) is 6.76. The molecule has 0 aromatic heterocycles. The fourth-order valence-corrected chi connectivity index (χ4v) is 3.55. The Balaban J connectivity index is 1.81. The summed E-state index contributed by atoms with van der Waals surface area (Å²) < 4.78 is 39.7. The number of nitrogens with one attached hydrogen (secondary N) is 1. The normalized spacial score (nSPS) is 26.8. The van der Waals surface area contributed by atoms with Crippen LogP contribution >= 0.6 is 0 Å². The molecular weight excluding hydrogens is 275 g/mol. The Kier molecular flexibility index (Phi) is 4.25. The van der Waals surface area contributed by atoms with E-state index >= 15 is 0 Å². The molecule has 3 rings (SSSR count). The third-order valence-corrected chi connectivity index (χ3v) is 4.82. The highest BCUT2D eigenvalue weighted by Crippen LogP contribution is 2.43. The van der Waals surface area contributed by atoms with Crippen molar-refractivity contribution in [3.63, 3.8) is 0 Å². The van der Waals surface area contributed by atoms with Crippen LogP contribution in [0.15, 0.2) is 24.3 Å². The Morgan fingerprint density at radius 1 is 1.00 bits per heavy atom. The molecule has 2 atom stereocenters. The molecule has 21 heavy (non-hydrogen) atoms. The van der Waals surface area contributed by atoms with Gasteiger partial charge >= 0.3 is 6.18 Å². The van der Waals surface area contributed by atoms with E-state index in [0.29, 0.717) is 17.5 Å². The van der Waals surface area contributed by atoms with Crippen molar-refractivity contribution in [3.05, 3.63) is 35.4 Å². The van der Waals surface area contributed by atoms with Crippen molar-refractivity contribution < 1.29 is 13.2 Å². The lowest BCUT2D eigenvalue weighted by atomic mass is 9.74. The molecule has 0 amide bonds. The van der Waals surface area contributed by atoms with Gasteiger partial charge in [-0.2, -0.15) is 13.2 Å². The maximum Gasteiger partial charge on any atom is 0.416 e. The van der Waals surface area contributed by atoms with E-state index in [1.807, 2.05) is 0 Å². The van der Waals surface area contributed by atoms with E-state index in [0.717, 1.165) is 32.2 Å². The average molecular weight is 297 g/mol. The third kappa shape index (κ3) is 3.60. The third-order valence-electron chi connectivity index (χ3n) is 4.82. The standard InChI is InChI=1S/C17H22F3N/c18-17(19,20)16-8-4-3-7-15(16)14-6-2-1-5-12(14)11-21-13-9-10-13/h3-4,7-8,12-14,21H,1-2,5-6,9-11H2. The topological polar surface area (TPSA) is 12.0 Å². The monoisotopic (exact) mass is 297 g/mol. The van der Waals surface area contributed by atoms with Gasteiger partial charge in [0.2, 0.25) is 0 Å². The summed E-state index contributed by atoms with van der Waals surface area (Å²) in [7, 11) is 0. The van der Waals surface area contributed by atoms with Crippen molar-refractivity contribution in [1.82, 2.24) is 5.32 Å². The molecule has 2 saturated carbocycles. The highest BCUT2D eigenvalue weighted by atomic mass is 19.4. The smallest absolute Gasteiger partial charge is 0.314 e. The van der Waals surface area contributed by atoms with Gasteiger partial charge < -0.3 is 5.32 Å². The molecule has 0 heterocycles. The minimum atomic E-state index is -4.25. The minimum Gasteiger partial charge on any atom is -0.314 e. The van der Waals surface area contributed by atoms with Crippen molar-refractivity contribution in [3.8, 4) is 0 Å². The van der Waals surface area contributed by atoms with E-state index in [-0.39, 0.29) is 5.92 Å². The van der Waals surface area contributed by atoms with Gasteiger partial charge in [-0.25, -0.2) is 0 Å². The van der Waals surface area contributed by atoms with Gasteiger partial charge in [0, 0.05) is 6.04 Å². The second-order valence-electron chi connectivity index (χ2n) is 6.42. The lowest BCUT2D eigenvalue weighted by molar-refractivity contribution is -0.138. The number of hydrogen-bond acceptors (Lipinski definition) is 1. The van der Waals surface area contributed by atoms with Gasteiger partial charge in [-0.1, -0.05) is 31.0 Å². The average Bonchev–Trinajstić information content (AvgIpc) is 3.29. The first-order chi connectivity index (χ1) is 10.1. The van der Waals surface area contributed by atoms with Crippen LogP contribution in [0, 0.1) is 5.92 Å². The zero-order chi connectivity index (χ0) is 14.9. The molecule has 116 valence electrons. The largest absolute Gasteiger partial charge is 0.416 e. The molecule has 2 aliphatic rings. The molecule has 2 unspecified atom stereocenters. The molecule has 1 aromatic carbocycles. The highest BCUT2D eigenvalue weighted by Gasteiger charge is 2.37. The van der Waals surface area contributed by atoms with Crippen LogP contribution in [0.4, 0.5) is 13.2 Å². The Bertz CT molecular complexity index is 479. The molecule has 0 saturated heterocycles. The number of alkyl halides is 3. The molecule has 1 N–H and O–H groups in total. The van der Waals surface area contributed by atoms with Crippen LogP contribution in [-0.2, 0) is 6.18 Å². The van der Waals surface area contributed by atoms with Gasteiger partial charge in [0.25, 0.3) is 0 Å². The van der Waals surface area contributed by atoms with E-state index in [1.165, 1.54) is 25.0 Å². The van der Waals surface area contributed by atoms with Crippen LogP contribution in [0.25, 0.3) is 0 Å². The van der Waals surface area contributed by atoms with E-state index in [1.54, 1.807) is 12.1 Å². The van der Waals surface area contributed by atoms with Crippen LogP contribution in [0.1, 0.15) is 55.6 Å². The summed E-state index contributed by atoms with van der Waals surface area (Å²) in [5.74, 6) is 0.380. The van der Waals surface area contributed by atoms with E-state index in [4.69, 9.17) is 0 Å². The highest BCUT2D eigenvalue weighted by molar-refractivity contribution is 5.33. The van der Waals surface area contributed by atoms with E-state index < -0.39 is 11.7 Å². The first-order valence-electron chi connectivity index (χ1n) is 7.95. The SMILES string of the molecule is FC(F)(F)c1ccccc1C1CCCCC1CNC1CC1. The number of rotatable bonds is 4. The van der Waals surface area contributed by atoms with Crippen LogP contribution in [-0.4, -0.2) is 12.6 Å². The van der Waals surface area contributed by atoms with E-state index in [2.05, 4.69) is 5.32 Å². The predicted octanol–water partition coefficient (Wildman–Crippen LogP) is 4.73. The molecule has 0 aliphatic heterocycles. The lowest BCUT2D eigenvalue weighted by Crippen LogP contribution is -2.31. The van der Waals surface area contributed by atoms with Crippen molar-refractivity contribution in [1.29, 1.82) is 0 Å². The van der Waals surface area contributed by atoms with Crippen LogP contribution in [0.3, 0.4) is 0 Å². The first kappa shape index (κ1) is 14.9. The van der Waals surface area contributed by atoms with Crippen molar-refractivity contribution in [2.45, 2.75) is 56.7 Å². The maximum absolute atomic E-state index is 13.2. The van der Waals surface area contributed by atoms with Crippen LogP contribution < -0.4 is 5.32 Å². The van der Waals surface area contributed by atoms with Gasteiger partial charge in [-0.15, -0.1) is 0 Å². The minimum absolute atomic E-state index is 0.0443. The quantitative estimate of drug-likeness (QED) is 0.847. The molecule has 2 fully saturated rings. The molecule has 2 aliphatic carbocycles. The van der Waals surface area contributed by atoms with Crippen LogP contribution in [0.5, 0.6) is 0 Å². The molecule has 0 bridgehead atoms. The second-order valence-corrected chi connectivity index (χ2v) is 6.42. The van der Waals surface area contributed by atoms with E-state index in [9.17, 15) is 13.2 Å². The van der Waals surface area contributed by atoms with Gasteiger partial charge in [-0.05, 0) is 55.7 Å². The molecule has 4 heteroatoms. The summed E-state index contributed by atoms with van der Waals surface area (Å²) in [6.45, 7) is 0.863. The Hall–Kier alpha value is -1.03. The Morgan fingerprint density at radius 2 is 1.71 bits per heavy atom. The summed E-state index contributed by atoms with van der Waals surface area (Å²) >= 11 is 0. The fourth-order valence-electron chi connectivity index (χ4n) is 3.55. The molecule has 0 radical (unpaired) electrons. The molecule has 0 spiro atoms. The number of benzene rings is 1. The van der Waals surface area contributed by atoms with Gasteiger partial charge in [0.05, 0.1) is 5.56 Å². The maximum atomic E-state index is 13.2.